The lowest BCUT2D eigenvalue weighted by Gasteiger charge is -2.18. The maximum absolute atomic E-state index is 12.7. The van der Waals surface area contributed by atoms with Crippen molar-refractivity contribution in [3.63, 3.8) is 0 Å². The molecule has 1 atom stereocenters. The highest BCUT2D eigenvalue weighted by Gasteiger charge is 2.19. The van der Waals surface area contributed by atoms with E-state index in [0.717, 1.165) is 83.5 Å². The van der Waals surface area contributed by atoms with Crippen molar-refractivity contribution >= 4 is 17.9 Å². The topological polar surface area (TPSA) is 78.9 Å². The van der Waals surface area contributed by atoms with Gasteiger partial charge in [0.2, 0.25) is 0 Å². The van der Waals surface area contributed by atoms with Gasteiger partial charge in [-0.1, -0.05) is 192 Å². The molecule has 0 aliphatic heterocycles. The monoisotopic (exact) mass is 783 g/mol. The predicted octanol–water partition coefficient (Wildman–Crippen LogP) is 13.7. The highest BCUT2D eigenvalue weighted by molar-refractivity contribution is 5.71. The number of hydrogen-bond acceptors (Lipinski definition) is 6. The summed E-state index contributed by atoms with van der Waals surface area (Å²) in [6.07, 6.45) is 62.7. The SMILES string of the molecule is CC\C=C/C=C\C=C/C=C\C=C/CCCC(=O)OCC(COC(=O)CCCCCCC\C=C/C=C\C=C/CC)OC(=O)CCCCC\C=C/C=C\C=C/C=C\CC. The number of esters is 3. The van der Waals surface area contributed by atoms with Crippen LogP contribution < -0.4 is 0 Å². The fraction of sp³-hybridized carbons (Fsp3) is 0.471. The molecular formula is C51H74O6. The smallest absolute Gasteiger partial charge is 0.306 e. The number of carbonyl (C=O) groups excluding carboxylic acids is 3. The van der Waals surface area contributed by atoms with Gasteiger partial charge in [-0.2, -0.15) is 0 Å². The minimum atomic E-state index is -0.840. The summed E-state index contributed by atoms with van der Waals surface area (Å²) < 4.78 is 16.6. The van der Waals surface area contributed by atoms with Crippen LogP contribution in [0, 0.1) is 0 Å². The number of hydrogen-bond donors (Lipinski definition) is 0. The summed E-state index contributed by atoms with van der Waals surface area (Å²) in [5.41, 5.74) is 0. The van der Waals surface area contributed by atoms with Crippen LogP contribution in [-0.2, 0) is 28.6 Å². The average molecular weight is 783 g/mol. The second-order valence-corrected chi connectivity index (χ2v) is 13.4. The summed E-state index contributed by atoms with van der Waals surface area (Å²) in [6.45, 7) is 6.04. The molecule has 0 fully saturated rings. The maximum Gasteiger partial charge on any atom is 0.306 e. The molecule has 0 saturated carbocycles. The summed E-state index contributed by atoms with van der Waals surface area (Å²) in [6, 6.07) is 0. The zero-order chi connectivity index (χ0) is 41.5. The molecule has 0 bridgehead atoms. The van der Waals surface area contributed by atoms with Gasteiger partial charge >= 0.3 is 17.9 Å². The van der Waals surface area contributed by atoms with E-state index in [2.05, 4.69) is 69.4 Å². The molecule has 1 unspecified atom stereocenters. The van der Waals surface area contributed by atoms with Crippen LogP contribution in [0.2, 0.25) is 0 Å². The first-order chi connectivity index (χ1) is 28.0. The van der Waals surface area contributed by atoms with Crippen molar-refractivity contribution in [2.75, 3.05) is 13.2 Å². The second-order valence-electron chi connectivity index (χ2n) is 13.4. The molecular weight excluding hydrogens is 709 g/mol. The van der Waals surface area contributed by atoms with E-state index in [4.69, 9.17) is 14.2 Å². The summed E-state index contributed by atoms with van der Waals surface area (Å²) in [7, 11) is 0. The van der Waals surface area contributed by atoms with Crippen LogP contribution in [0.4, 0.5) is 0 Å². The number of ether oxygens (including phenoxy) is 3. The van der Waals surface area contributed by atoms with Crippen LogP contribution in [0.5, 0.6) is 0 Å². The van der Waals surface area contributed by atoms with Gasteiger partial charge in [0.05, 0.1) is 0 Å². The molecule has 0 aromatic rings. The lowest BCUT2D eigenvalue weighted by Crippen LogP contribution is -2.30. The Balaban J connectivity index is 4.65. The molecule has 0 aromatic heterocycles. The summed E-state index contributed by atoms with van der Waals surface area (Å²) >= 11 is 0. The van der Waals surface area contributed by atoms with Gasteiger partial charge in [-0.3, -0.25) is 14.4 Å². The molecule has 57 heavy (non-hydrogen) atoms. The number of carbonyl (C=O) groups is 3. The van der Waals surface area contributed by atoms with Gasteiger partial charge in [0.1, 0.15) is 13.2 Å². The van der Waals surface area contributed by atoms with Crippen LogP contribution in [0.3, 0.4) is 0 Å². The third-order valence-electron chi connectivity index (χ3n) is 8.10. The van der Waals surface area contributed by atoms with E-state index in [0.29, 0.717) is 19.3 Å². The Morgan fingerprint density at radius 1 is 0.351 bits per heavy atom. The molecule has 0 aromatic carbocycles. The number of unbranched alkanes of at least 4 members (excludes halogenated alkanes) is 9. The highest BCUT2D eigenvalue weighted by Crippen LogP contribution is 2.11. The van der Waals surface area contributed by atoms with Crippen molar-refractivity contribution in [1.82, 2.24) is 0 Å². The molecule has 0 aliphatic carbocycles. The van der Waals surface area contributed by atoms with Gasteiger partial charge in [-0.05, 0) is 70.6 Å². The van der Waals surface area contributed by atoms with E-state index in [9.17, 15) is 14.4 Å². The Bertz CT molecular complexity index is 1360. The van der Waals surface area contributed by atoms with E-state index in [1.165, 1.54) is 0 Å². The van der Waals surface area contributed by atoms with Gasteiger partial charge < -0.3 is 14.2 Å². The van der Waals surface area contributed by atoms with Crippen molar-refractivity contribution in [2.24, 2.45) is 0 Å². The molecule has 0 rings (SSSR count). The lowest BCUT2D eigenvalue weighted by molar-refractivity contribution is -0.167. The number of allylic oxidation sites excluding steroid dienone is 24. The minimum absolute atomic E-state index is 0.135. The van der Waals surface area contributed by atoms with Gasteiger partial charge in [0.25, 0.3) is 0 Å². The van der Waals surface area contributed by atoms with Crippen molar-refractivity contribution in [1.29, 1.82) is 0 Å². The van der Waals surface area contributed by atoms with Crippen molar-refractivity contribution < 1.29 is 28.6 Å². The third kappa shape index (κ3) is 42.3. The molecule has 0 aliphatic rings. The molecule has 0 amide bonds. The largest absolute Gasteiger partial charge is 0.462 e. The first kappa shape index (κ1) is 52.3. The van der Waals surface area contributed by atoms with E-state index in [1.54, 1.807) is 0 Å². The predicted molar refractivity (Wildman–Crippen MR) is 242 cm³/mol. The third-order valence-corrected chi connectivity index (χ3v) is 8.10. The van der Waals surface area contributed by atoms with Crippen LogP contribution in [0.25, 0.3) is 0 Å². The van der Waals surface area contributed by atoms with E-state index in [1.807, 2.05) is 97.2 Å². The van der Waals surface area contributed by atoms with Gasteiger partial charge in [-0.15, -0.1) is 0 Å². The fourth-order valence-corrected chi connectivity index (χ4v) is 4.95. The average Bonchev–Trinajstić information content (AvgIpc) is 3.21. The normalized spacial score (nSPS) is 13.5. The Morgan fingerprint density at radius 2 is 0.649 bits per heavy atom. The number of rotatable bonds is 35. The summed E-state index contributed by atoms with van der Waals surface area (Å²) in [5, 5.41) is 0. The lowest BCUT2D eigenvalue weighted by atomic mass is 10.1. The molecule has 0 N–H and O–H groups in total. The van der Waals surface area contributed by atoms with Gasteiger partial charge in [0.15, 0.2) is 6.10 Å². The fourth-order valence-electron chi connectivity index (χ4n) is 4.95. The van der Waals surface area contributed by atoms with Crippen LogP contribution >= 0.6 is 0 Å². The molecule has 0 saturated heterocycles. The Morgan fingerprint density at radius 3 is 1.07 bits per heavy atom. The van der Waals surface area contributed by atoms with Crippen LogP contribution in [-0.4, -0.2) is 37.2 Å². The van der Waals surface area contributed by atoms with E-state index < -0.39 is 6.10 Å². The first-order valence-electron chi connectivity index (χ1n) is 21.5. The van der Waals surface area contributed by atoms with Crippen molar-refractivity contribution in [3.8, 4) is 0 Å². The quantitative estimate of drug-likeness (QED) is 0.0276. The second kappa shape index (κ2) is 44.0. The van der Waals surface area contributed by atoms with Gasteiger partial charge in [-0.25, -0.2) is 0 Å². The molecule has 314 valence electrons. The van der Waals surface area contributed by atoms with Gasteiger partial charge in [0, 0.05) is 19.3 Å². The van der Waals surface area contributed by atoms with Crippen LogP contribution in [0.15, 0.2) is 146 Å². The molecule has 6 heteroatoms. The van der Waals surface area contributed by atoms with Crippen molar-refractivity contribution in [3.05, 3.63) is 146 Å². The zero-order valence-electron chi connectivity index (χ0n) is 35.5. The first-order valence-corrected chi connectivity index (χ1v) is 21.5. The Hall–Kier alpha value is -4.71. The standard InChI is InChI=1S/C51H74O6/c1-4-7-10-13-16-19-22-25-28-31-34-37-40-43-49(52)55-46-48(57-51(54)45-42-39-36-33-30-27-24-21-18-15-12-9-6-3)47-56-50(53)44-41-38-35-32-29-26-23-20-17-14-11-8-5-2/h7-25,27-28,30-31,34,48H,4-6,26,29,32-33,35-47H2,1-3H3/b10-7-,11-8-,12-9-,16-13-,17-14-,18-15-,22-19-,23-20-,24-21-,28-25-,30-27-,34-31-. The molecule has 6 nitrogen and oxygen atoms in total. The molecule has 0 radical (unpaired) electrons. The van der Waals surface area contributed by atoms with Crippen molar-refractivity contribution in [2.45, 2.75) is 142 Å². The summed E-state index contributed by atoms with van der Waals surface area (Å²) in [5.74, 6) is -1.09. The van der Waals surface area contributed by atoms with E-state index in [-0.39, 0.29) is 44.0 Å². The molecule has 0 heterocycles. The molecule has 0 spiro atoms. The highest BCUT2D eigenvalue weighted by atomic mass is 16.6. The summed E-state index contributed by atoms with van der Waals surface area (Å²) in [4.78, 5) is 37.7. The maximum atomic E-state index is 12.7. The minimum Gasteiger partial charge on any atom is -0.462 e. The Labute approximate surface area is 347 Å². The Kier molecular flexibility index (Phi) is 40.4. The van der Waals surface area contributed by atoms with Crippen LogP contribution in [0.1, 0.15) is 136 Å². The van der Waals surface area contributed by atoms with E-state index >= 15 is 0 Å². The zero-order valence-corrected chi connectivity index (χ0v) is 35.5.